The fourth-order valence-corrected chi connectivity index (χ4v) is 4.74. The van der Waals surface area contributed by atoms with Gasteiger partial charge in [0.15, 0.2) is 12.6 Å². The van der Waals surface area contributed by atoms with Gasteiger partial charge in [-0.25, -0.2) is 0 Å². The van der Waals surface area contributed by atoms with Crippen LogP contribution < -0.4 is 0 Å². The quantitative estimate of drug-likeness (QED) is 0.0874. The van der Waals surface area contributed by atoms with Gasteiger partial charge in [0.2, 0.25) is 0 Å². The predicted octanol–water partition coefficient (Wildman–Crippen LogP) is -0.542. The molecule has 0 radical (unpaired) electrons. The third kappa shape index (κ3) is 9.58. The highest BCUT2D eigenvalue weighted by atomic mass is 32.1. The number of aliphatic hydroxyl groups is 7. The molecule has 12 heteroatoms. The highest BCUT2D eigenvalue weighted by Gasteiger charge is 2.50. The van der Waals surface area contributed by atoms with Gasteiger partial charge >= 0.3 is 0 Å². The molecule has 2 aliphatic rings. The number of hydrogen-bond donors (Lipinski definition) is 8. The van der Waals surface area contributed by atoms with Gasteiger partial charge in [-0.05, 0) is 18.6 Å². The van der Waals surface area contributed by atoms with E-state index in [-0.39, 0.29) is 0 Å². The summed E-state index contributed by atoms with van der Waals surface area (Å²) >= 11 is 4.22. The summed E-state index contributed by atoms with van der Waals surface area (Å²) in [6, 6.07) is 0. The van der Waals surface area contributed by atoms with Crippen molar-refractivity contribution in [3.8, 4) is 0 Å². The summed E-state index contributed by atoms with van der Waals surface area (Å²) in [4.78, 5) is 0. The van der Waals surface area contributed by atoms with Gasteiger partial charge in [0.05, 0.1) is 13.2 Å². The molecule has 0 bridgehead atoms. The summed E-state index contributed by atoms with van der Waals surface area (Å²) in [5.41, 5.74) is 0. The maximum Gasteiger partial charge on any atom is 0.187 e. The monoisotopic (exact) mass is 542 g/mol. The van der Waals surface area contributed by atoms with Crippen LogP contribution in [0.3, 0.4) is 0 Å². The van der Waals surface area contributed by atoms with Gasteiger partial charge in [-0.3, -0.25) is 0 Å². The van der Waals surface area contributed by atoms with Crippen molar-refractivity contribution in [2.24, 2.45) is 0 Å². The Hall–Kier alpha value is -0.0900. The van der Waals surface area contributed by atoms with Crippen LogP contribution in [0.15, 0.2) is 0 Å². The van der Waals surface area contributed by atoms with Gasteiger partial charge in [-0.1, -0.05) is 51.4 Å². The Morgan fingerprint density at radius 1 is 0.556 bits per heavy atom. The first kappa shape index (κ1) is 32.1. The Balaban J connectivity index is 1.71. The van der Waals surface area contributed by atoms with Crippen LogP contribution in [0.2, 0.25) is 0 Å². The summed E-state index contributed by atoms with van der Waals surface area (Å²) in [7, 11) is 0. The number of hydrogen-bond acceptors (Lipinski definition) is 12. The fourth-order valence-electron chi connectivity index (χ4n) is 4.52. The van der Waals surface area contributed by atoms with Crippen molar-refractivity contribution in [3.63, 3.8) is 0 Å². The molecule has 0 aliphatic carbocycles. The number of rotatable bonds is 17. The number of unbranched alkanes of at least 4 members (excludes halogenated alkanes) is 9. The minimum Gasteiger partial charge on any atom is -0.394 e. The van der Waals surface area contributed by atoms with E-state index in [1.54, 1.807) is 0 Å². The maximum absolute atomic E-state index is 10.6. The first-order valence-electron chi connectivity index (χ1n) is 13.2. The number of thiol groups is 1. The van der Waals surface area contributed by atoms with Gasteiger partial charge in [0, 0.05) is 6.61 Å². The molecule has 0 unspecified atom stereocenters. The van der Waals surface area contributed by atoms with Crippen molar-refractivity contribution in [1.82, 2.24) is 0 Å². The lowest BCUT2D eigenvalue weighted by Crippen LogP contribution is -2.64. The molecular weight excluding hydrogens is 496 g/mol. The van der Waals surface area contributed by atoms with E-state index < -0.39 is 74.6 Å². The lowest BCUT2D eigenvalue weighted by molar-refractivity contribution is -0.359. The average molecular weight is 543 g/mol. The molecule has 2 fully saturated rings. The molecule has 0 aromatic heterocycles. The van der Waals surface area contributed by atoms with Crippen LogP contribution in [0.4, 0.5) is 0 Å². The Morgan fingerprint density at radius 3 is 1.61 bits per heavy atom. The van der Waals surface area contributed by atoms with Gasteiger partial charge in [-0.2, -0.15) is 12.6 Å². The number of aliphatic hydroxyl groups excluding tert-OH is 7. The minimum atomic E-state index is -1.70. The van der Waals surface area contributed by atoms with Crippen molar-refractivity contribution in [1.29, 1.82) is 0 Å². The third-order valence-electron chi connectivity index (χ3n) is 6.79. The van der Waals surface area contributed by atoms with Crippen molar-refractivity contribution in [3.05, 3.63) is 0 Å². The highest BCUT2D eigenvalue weighted by Crippen LogP contribution is 2.29. The van der Waals surface area contributed by atoms with Crippen LogP contribution >= 0.6 is 12.6 Å². The van der Waals surface area contributed by atoms with E-state index in [0.29, 0.717) is 6.61 Å². The Morgan fingerprint density at radius 2 is 1.06 bits per heavy atom. The molecule has 36 heavy (non-hydrogen) atoms. The topological polar surface area (TPSA) is 179 Å². The minimum absolute atomic E-state index is 0.314. The molecule has 2 heterocycles. The normalized spacial score (nSPS) is 37.3. The largest absolute Gasteiger partial charge is 0.394 e. The average Bonchev–Trinajstić information content (AvgIpc) is 2.88. The van der Waals surface area contributed by atoms with Crippen molar-refractivity contribution < 1.29 is 54.7 Å². The first-order valence-corrected chi connectivity index (χ1v) is 13.8. The second-order valence-corrected chi connectivity index (χ2v) is 10.1. The molecule has 0 amide bonds. The van der Waals surface area contributed by atoms with Gasteiger partial charge in [0.25, 0.3) is 0 Å². The van der Waals surface area contributed by atoms with E-state index in [1.165, 1.54) is 38.5 Å². The van der Waals surface area contributed by atoms with Crippen LogP contribution in [-0.4, -0.2) is 123 Å². The van der Waals surface area contributed by atoms with E-state index in [1.807, 2.05) is 0 Å². The molecule has 2 saturated heterocycles. The molecule has 0 saturated carbocycles. The van der Waals surface area contributed by atoms with Crippen LogP contribution in [0.25, 0.3) is 0 Å². The zero-order valence-corrected chi connectivity index (χ0v) is 21.8. The summed E-state index contributed by atoms with van der Waals surface area (Å²) < 4.78 is 22.0. The molecule has 7 N–H and O–H groups in total. The van der Waals surface area contributed by atoms with Crippen LogP contribution in [0, 0.1) is 0 Å². The third-order valence-corrected chi connectivity index (χ3v) is 7.11. The van der Waals surface area contributed by atoms with Crippen molar-refractivity contribution >= 4 is 12.6 Å². The van der Waals surface area contributed by atoms with Crippen molar-refractivity contribution in [2.75, 3.05) is 25.6 Å². The second kappa shape index (κ2) is 17.5. The highest BCUT2D eigenvalue weighted by molar-refractivity contribution is 7.80. The maximum atomic E-state index is 10.6. The summed E-state index contributed by atoms with van der Waals surface area (Å²) in [6.45, 7) is -0.915. The lowest BCUT2D eigenvalue weighted by Gasteiger charge is -2.45. The molecule has 10 atom stereocenters. The SMILES string of the molecule is OC[C@H]1O[C@@H](O[C@H]2[C@H](O)[C@@H](O)[C@H](OCCCCCCCCCCCCS)O[C@@H]2CO)[C@H](O)[C@@H](O)[C@H]1O. The molecule has 0 aromatic carbocycles. The molecule has 2 rings (SSSR count). The first-order chi connectivity index (χ1) is 17.3. The molecule has 214 valence electrons. The summed E-state index contributed by atoms with van der Waals surface area (Å²) in [6.07, 6.45) is -2.93. The van der Waals surface area contributed by atoms with Crippen LogP contribution in [0.5, 0.6) is 0 Å². The second-order valence-electron chi connectivity index (χ2n) is 9.63. The van der Waals surface area contributed by atoms with Gasteiger partial charge in [0.1, 0.15) is 48.8 Å². The summed E-state index contributed by atoms with van der Waals surface area (Å²) in [5.74, 6) is 0.959. The van der Waals surface area contributed by atoms with E-state index in [2.05, 4.69) is 12.6 Å². The van der Waals surface area contributed by atoms with E-state index in [0.717, 1.165) is 31.4 Å². The lowest BCUT2D eigenvalue weighted by atomic mass is 9.97. The number of ether oxygens (including phenoxy) is 4. The van der Waals surface area contributed by atoms with E-state index in [9.17, 15) is 35.7 Å². The predicted molar refractivity (Wildman–Crippen MR) is 132 cm³/mol. The standard InChI is InChI=1S/C24H46O11S/c25-13-15-17(27)18(28)20(30)24(33-15)35-22-16(14-26)34-23(21(31)19(22)29)32-11-9-7-5-3-1-2-4-6-8-10-12-36/h15-31,36H,1-14H2/t15-,16-,17+,18+,19-,20-,21-,22-,23-,24+/m1/s1. The molecule has 0 spiro atoms. The van der Waals surface area contributed by atoms with Gasteiger partial charge in [-0.15, -0.1) is 0 Å². The van der Waals surface area contributed by atoms with E-state index >= 15 is 0 Å². The van der Waals surface area contributed by atoms with E-state index in [4.69, 9.17) is 18.9 Å². The van der Waals surface area contributed by atoms with Crippen LogP contribution in [0.1, 0.15) is 64.2 Å². The Kier molecular flexibility index (Phi) is 15.6. The molecule has 0 aromatic rings. The van der Waals surface area contributed by atoms with Crippen LogP contribution in [-0.2, 0) is 18.9 Å². The molecule has 2 aliphatic heterocycles. The molecule has 11 nitrogen and oxygen atoms in total. The summed E-state index contributed by atoms with van der Waals surface area (Å²) in [5, 5.41) is 70.2. The Labute approximate surface area is 218 Å². The zero-order chi connectivity index (χ0) is 26.5. The Bertz CT molecular complexity index is 570. The van der Waals surface area contributed by atoms with Crippen molar-refractivity contribution in [2.45, 2.75) is 126 Å². The smallest absolute Gasteiger partial charge is 0.187 e. The fraction of sp³-hybridized carbons (Fsp3) is 1.00. The molecular formula is C24H46O11S. The van der Waals surface area contributed by atoms with Gasteiger partial charge < -0.3 is 54.7 Å². The zero-order valence-electron chi connectivity index (χ0n) is 20.9.